The molecule has 7 nitrogen and oxygen atoms in total. The van der Waals surface area contributed by atoms with Gasteiger partial charge in [-0.2, -0.15) is 5.10 Å². The monoisotopic (exact) mass is 295 g/mol. The van der Waals surface area contributed by atoms with Crippen LogP contribution in [0.3, 0.4) is 0 Å². The Morgan fingerprint density at radius 1 is 1.38 bits per heavy atom. The number of hydrogen-bond donors (Lipinski definition) is 1. The molecule has 0 fully saturated rings. The number of carbonyl (C=O) groups is 2. The summed E-state index contributed by atoms with van der Waals surface area (Å²) in [6.45, 7) is 7.36. The van der Waals surface area contributed by atoms with Crippen LogP contribution >= 0.6 is 0 Å². The molecule has 0 aromatic carbocycles. The molecule has 0 spiro atoms. The first-order chi connectivity index (χ1) is 9.61. The molecule has 21 heavy (non-hydrogen) atoms. The predicted octanol–water partition coefficient (Wildman–Crippen LogP) is 1.65. The first kappa shape index (κ1) is 15.3. The smallest absolute Gasteiger partial charge is 0.411 e. The molecule has 1 aromatic rings. The van der Waals surface area contributed by atoms with E-state index in [1.54, 1.807) is 39.4 Å². The highest BCUT2D eigenvalue weighted by Gasteiger charge is 2.40. The number of nitrogens with zero attached hydrogens (tertiary/aromatic N) is 3. The lowest BCUT2D eigenvalue weighted by Gasteiger charge is -2.34. The molecule has 1 aliphatic heterocycles. The molecule has 2 heterocycles. The highest BCUT2D eigenvalue weighted by molar-refractivity contribution is 5.83. The Hall–Kier alpha value is -2.05. The maximum atomic E-state index is 12.3. The van der Waals surface area contributed by atoms with E-state index in [2.05, 4.69) is 5.10 Å². The van der Waals surface area contributed by atoms with Crippen molar-refractivity contribution in [2.45, 2.75) is 45.8 Å². The lowest BCUT2D eigenvalue weighted by atomic mass is 9.97. The second kappa shape index (κ2) is 5.05. The zero-order valence-electron chi connectivity index (χ0n) is 13.0. The summed E-state index contributed by atoms with van der Waals surface area (Å²) in [6, 6.07) is -1.04. The highest BCUT2D eigenvalue weighted by atomic mass is 16.6. The summed E-state index contributed by atoms with van der Waals surface area (Å²) in [5.41, 5.74) is 1.43. The number of ether oxygens (including phenoxy) is 1. The van der Waals surface area contributed by atoms with Crippen molar-refractivity contribution in [1.82, 2.24) is 14.7 Å². The van der Waals surface area contributed by atoms with E-state index in [9.17, 15) is 14.7 Å². The van der Waals surface area contributed by atoms with E-state index in [1.165, 1.54) is 4.90 Å². The molecule has 0 saturated carbocycles. The van der Waals surface area contributed by atoms with Crippen molar-refractivity contribution in [2.24, 2.45) is 7.05 Å². The van der Waals surface area contributed by atoms with Crippen molar-refractivity contribution >= 4 is 12.1 Å². The summed E-state index contributed by atoms with van der Waals surface area (Å²) in [6.07, 6.45) is -0.0798. The number of aliphatic carboxylic acids is 1. The Balaban J connectivity index is 2.39. The molecule has 1 aromatic heterocycles. The first-order valence-electron chi connectivity index (χ1n) is 6.86. The zero-order valence-corrected chi connectivity index (χ0v) is 13.0. The van der Waals surface area contributed by atoms with Crippen LogP contribution in [-0.4, -0.2) is 44.0 Å². The van der Waals surface area contributed by atoms with E-state index >= 15 is 0 Å². The van der Waals surface area contributed by atoms with E-state index in [0.717, 1.165) is 11.4 Å². The number of aryl methyl sites for hydroxylation is 1. The molecule has 1 unspecified atom stereocenters. The highest BCUT2D eigenvalue weighted by Crippen LogP contribution is 2.33. The maximum absolute atomic E-state index is 12.3. The minimum Gasteiger partial charge on any atom is -0.479 e. The quantitative estimate of drug-likeness (QED) is 0.851. The summed E-state index contributed by atoms with van der Waals surface area (Å²) in [5, 5.41) is 13.9. The van der Waals surface area contributed by atoms with Crippen molar-refractivity contribution in [3.05, 3.63) is 17.0 Å². The number of fused-ring (bicyclic) bond motifs is 1. The predicted molar refractivity (Wildman–Crippen MR) is 75.0 cm³/mol. The molecular weight excluding hydrogens is 274 g/mol. The van der Waals surface area contributed by atoms with Gasteiger partial charge in [0.2, 0.25) is 0 Å². The zero-order chi connectivity index (χ0) is 15.9. The second-order valence-corrected chi connectivity index (χ2v) is 6.23. The Morgan fingerprint density at radius 3 is 2.52 bits per heavy atom. The molecule has 0 bridgehead atoms. The molecule has 7 heteroatoms. The third kappa shape index (κ3) is 2.86. The van der Waals surface area contributed by atoms with Gasteiger partial charge in [0.15, 0.2) is 6.04 Å². The van der Waals surface area contributed by atoms with Gasteiger partial charge in [-0.1, -0.05) is 0 Å². The third-order valence-electron chi connectivity index (χ3n) is 3.49. The van der Waals surface area contributed by atoms with Crippen LogP contribution in [0.25, 0.3) is 0 Å². The van der Waals surface area contributed by atoms with Crippen molar-refractivity contribution < 1.29 is 19.4 Å². The molecule has 1 aliphatic rings. The Morgan fingerprint density at radius 2 is 2.00 bits per heavy atom. The van der Waals surface area contributed by atoms with Crippen molar-refractivity contribution in [1.29, 1.82) is 0 Å². The van der Waals surface area contributed by atoms with E-state index in [-0.39, 0.29) is 6.54 Å². The lowest BCUT2D eigenvalue weighted by Crippen LogP contribution is -2.45. The van der Waals surface area contributed by atoms with Gasteiger partial charge in [-0.15, -0.1) is 0 Å². The topological polar surface area (TPSA) is 84.7 Å². The SMILES string of the molecule is Cc1c2c(nn1C)CCN(C(=O)OC(C)(C)C)C2C(=O)O. The average molecular weight is 295 g/mol. The summed E-state index contributed by atoms with van der Waals surface area (Å²) in [4.78, 5) is 25.2. The molecular formula is C14H21N3O4. The summed E-state index contributed by atoms with van der Waals surface area (Å²) in [7, 11) is 1.77. The Kier molecular flexibility index (Phi) is 3.69. The maximum Gasteiger partial charge on any atom is 0.411 e. The Labute approximate surface area is 123 Å². The fraction of sp³-hybridized carbons (Fsp3) is 0.643. The first-order valence-corrected chi connectivity index (χ1v) is 6.86. The fourth-order valence-electron chi connectivity index (χ4n) is 2.52. The van der Waals surface area contributed by atoms with Crippen LogP contribution in [0.5, 0.6) is 0 Å². The van der Waals surface area contributed by atoms with Gasteiger partial charge < -0.3 is 9.84 Å². The van der Waals surface area contributed by atoms with E-state index in [1.807, 2.05) is 0 Å². The summed E-state index contributed by atoms with van der Waals surface area (Å²) >= 11 is 0. The normalized spacial score (nSPS) is 18.3. The molecule has 116 valence electrons. The number of aromatic nitrogens is 2. The van der Waals surface area contributed by atoms with Crippen LogP contribution in [0.15, 0.2) is 0 Å². The fourth-order valence-corrected chi connectivity index (χ4v) is 2.52. The summed E-state index contributed by atoms with van der Waals surface area (Å²) < 4.78 is 6.97. The minimum absolute atomic E-state index is 0.287. The molecule has 0 saturated heterocycles. The molecule has 2 rings (SSSR count). The van der Waals surface area contributed by atoms with Crippen LogP contribution in [0.1, 0.15) is 43.8 Å². The van der Waals surface area contributed by atoms with Gasteiger partial charge in [-0.05, 0) is 27.7 Å². The van der Waals surface area contributed by atoms with E-state index < -0.39 is 23.7 Å². The number of carboxylic acid groups (broad SMARTS) is 1. The van der Waals surface area contributed by atoms with Gasteiger partial charge in [-0.3, -0.25) is 9.58 Å². The van der Waals surface area contributed by atoms with Gasteiger partial charge in [-0.25, -0.2) is 9.59 Å². The van der Waals surface area contributed by atoms with Crippen molar-refractivity contribution in [2.75, 3.05) is 6.54 Å². The molecule has 0 aliphatic carbocycles. The van der Waals surface area contributed by atoms with Crippen LogP contribution in [0, 0.1) is 6.92 Å². The number of rotatable bonds is 1. The van der Waals surface area contributed by atoms with Crippen LogP contribution in [0.4, 0.5) is 4.79 Å². The lowest BCUT2D eigenvalue weighted by molar-refractivity contribution is -0.143. The van der Waals surface area contributed by atoms with E-state index in [0.29, 0.717) is 12.0 Å². The molecule has 1 amide bonds. The van der Waals surface area contributed by atoms with Crippen LogP contribution < -0.4 is 0 Å². The molecule has 0 radical (unpaired) electrons. The minimum atomic E-state index is -1.07. The number of carboxylic acids is 1. The largest absolute Gasteiger partial charge is 0.479 e. The number of amides is 1. The van der Waals surface area contributed by atoms with Crippen LogP contribution in [-0.2, 0) is 23.0 Å². The molecule has 1 atom stereocenters. The van der Waals surface area contributed by atoms with Gasteiger partial charge in [0.1, 0.15) is 5.60 Å². The number of hydrogen-bond acceptors (Lipinski definition) is 4. The standard InChI is InChI=1S/C14H21N3O4/c1-8-10-9(15-16(8)5)6-7-17(11(10)12(18)19)13(20)21-14(2,3)4/h11H,6-7H2,1-5H3,(H,18,19). The van der Waals surface area contributed by atoms with Gasteiger partial charge >= 0.3 is 12.1 Å². The van der Waals surface area contributed by atoms with Crippen molar-refractivity contribution in [3.8, 4) is 0 Å². The number of carbonyl (C=O) groups excluding carboxylic acids is 1. The van der Waals surface area contributed by atoms with Gasteiger partial charge in [0, 0.05) is 31.3 Å². The second-order valence-electron chi connectivity index (χ2n) is 6.23. The summed E-state index contributed by atoms with van der Waals surface area (Å²) in [5.74, 6) is -1.07. The average Bonchev–Trinajstić information content (AvgIpc) is 2.62. The molecule has 1 N–H and O–H groups in total. The van der Waals surface area contributed by atoms with E-state index in [4.69, 9.17) is 4.74 Å². The van der Waals surface area contributed by atoms with Crippen LogP contribution in [0.2, 0.25) is 0 Å². The van der Waals surface area contributed by atoms with Gasteiger partial charge in [0.25, 0.3) is 0 Å². The van der Waals surface area contributed by atoms with Gasteiger partial charge in [0.05, 0.1) is 5.69 Å². The van der Waals surface area contributed by atoms with Crippen molar-refractivity contribution in [3.63, 3.8) is 0 Å². The third-order valence-corrected chi connectivity index (χ3v) is 3.49. The Bertz CT molecular complexity index is 586.